The Morgan fingerprint density at radius 3 is 2.54 bits per heavy atom. The minimum Gasteiger partial charge on any atom is -0.353 e. The van der Waals surface area contributed by atoms with Gasteiger partial charge in [0.2, 0.25) is 0 Å². The van der Waals surface area contributed by atoms with Crippen molar-refractivity contribution in [2.45, 2.75) is 45.8 Å². The number of hydrogen-bond donors (Lipinski definition) is 2. The number of H-pyrrole nitrogens is 1. The molecule has 8 nitrogen and oxygen atoms in total. The van der Waals surface area contributed by atoms with Crippen molar-refractivity contribution in [1.29, 1.82) is 0 Å². The van der Waals surface area contributed by atoms with E-state index in [2.05, 4.69) is 78.6 Å². The Kier molecular flexibility index (Phi) is 5.45. The number of rotatable bonds is 6. The van der Waals surface area contributed by atoms with Crippen LogP contribution in [0, 0.1) is 20.8 Å². The molecule has 8 heteroatoms. The Morgan fingerprint density at radius 2 is 1.83 bits per heavy atom. The number of pyridine rings is 1. The third kappa shape index (κ3) is 4.49. The highest BCUT2D eigenvalue weighted by atomic mass is 15.4. The molecule has 0 spiro atoms. The highest BCUT2D eigenvalue weighted by Crippen LogP contribution is 2.35. The summed E-state index contributed by atoms with van der Waals surface area (Å²) in [6.45, 7) is 9.18. The highest BCUT2D eigenvalue weighted by molar-refractivity contribution is 5.61. The average molecular weight is 467 g/mol. The molecule has 3 fully saturated rings. The van der Waals surface area contributed by atoms with Crippen molar-refractivity contribution < 1.29 is 0 Å². The van der Waals surface area contributed by atoms with Gasteiger partial charge in [-0.1, -0.05) is 29.8 Å². The summed E-state index contributed by atoms with van der Waals surface area (Å²) in [5.41, 5.74) is 5.52. The van der Waals surface area contributed by atoms with Gasteiger partial charge in [-0.15, -0.1) is 0 Å². The van der Waals surface area contributed by atoms with Crippen LogP contribution in [0.2, 0.25) is 0 Å². The first-order valence-electron chi connectivity index (χ1n) is 12.2. The van der Waals surface area contributed by atoms with Crippen LogP contribution >= 0.6 is 0 Å². The van der Waals surface area contributed by atoms with Crippen LogP contribution in [0.3, 0.4) is 0 Å². The molecule has 2 atom stereocenters. The average Bonchev–Trinajstić information content (AvgIpc) is 3.26. The van der Waals surface area contributed by atoms with Crippen LogP contribution in [0.15, 0.2) is 54.7 Å². The quantitative estimate of drug-likeness (QED) is 0.436. The summed E-state index contributed by atoms with van der Waals surface area (Å²) in [5.74, 6) is 3.13. The highest BCUT2D eigenvalue weighted by Gasteiger charge is 2.44. The molecule has 1 aromatic carbocycles. The summed E-state index contributed by atoms with van der Waals surface area (Å²) >= 11 is 0. The van der Waals surface area contributed by atoms with Crippen molar-refractivity contribution in [3.05, 3.63) is 77.2 Å². The molecule has 4 aromatic rings. The van der Waals surface area contributed by atoms with Gasteiger partial charge in [-0.2, -0.15) is 5.10 Å². The lowest BCUT2D eigenvalue weighted by molar-refractivity contribution is -0.00869. The van der Waals surface area contributed by atoms with Gasteiger partial charge in [0.05, 0.1) is 0 Å². The van der Waals surface area contributed by atoms with Crippen molar-refractivity contribution in [2.75, 3.05) is 23.3 Å². The first-order valence-corrected chi connectivity index (χ1v) is 12.2. The number of benzene rings is 1. The van der Waals surface area contributed by atoms with E-state index in [1.165, 1.54) is 17.5 Å². The minimum atomic E-state index is 0.593. The lowest BCUT2D eigenvalue weighted by atomic mass is 9.86. The number of fused-ring (bicyclic) bond motifs is 2. The van der Waals surface area contributed by atoms with Gasteiger partial charge in [0, 0.05) is 67.0 Å². The summed E-state index contributed by atoms with van der Waals surface area (Å²) in [6, 6.07) is 18.1. The van der Waals surface area contributed by atoms with Crippen LogP contribution in [0.25, 0.3) is 11.4 Å². The normalized spacial score (nSPS) is 19.5. The number of piperazine rings is 1. The molecule has 3 aliphatic heterocycles. The Hall–Kier alpha value is -3.78. The molecule has 178 valence electrons. The van der Waals surface area contributed by atoms with Gasteiger partial charge in [0.15, 0.2) is 11.6 Å². The second-order valence-electron chi connectivity index (χ2n) is 9.79. The summed E-state index contributed by atoms with van der Waals surface area (Å²) in [6.07, 6.45) is 3.17. The Bertz CT molecular complexity index is 1330. The lowest BCUT2D eigenvalue weighted by Gasteiger charge is -2.56. The number of piperidine rings is 1. The maximum absolute atomic E-state index is 4.79. The van der Waals surface area contributed by atoms with Gasteiger partial charge < -0.3 is 10.2 Å². The molecule has 2 N–H and O–H groups in total. The molecule has 3 saturated heterocycles. The summed E-state index contributed by atoms with van der Waals surface area (Å²) < 4.78 is 0. The summed E-state index contributed by atoms with van der Waals surface area (Å²) in [5, 5.41) is 10.4. The number of aromatic nitrogens is 5. The molecule has 6 heterocycles. The van der Waals surface area contributed by atoms with E-state index in [0.717, 1.165) is 48.2 Å². The fourth-order valence-corrected chi connectivity index (χ4v) is 5.23. The van der Waals surface area contributed by atoms with Crippen molar-refractivity contribution in [1.82, 2.24) is 30.0 Å². The Morgan fingerprint density at radius 1 is 0.971 bits per heavy atom. The molecule has 0 amide bonds. The van der Waals surface area contributed by atoms with Crippen molar-refractivity contribution in [3.8, 4) is 11.4 Å². The molecule has 3 aromatic heterocycles. The lowest BCUT2D eigenvalue weighted by Crippen LogP contribution is -2.68. The number of nitrogens with one attached hydrogen (secondary N) is 2. The van der Waals surface area contributed by atoms with Crippen LogP contribution in [0.4, 0.5) is 17.5 Å². The molecule has 35 heavy (non-hydrogen) atoms. The smallest absolute Gasteiger partial charge is 0.163 e. The number of nitrogens with zero attached hydrogens (tertiary/aromatic N) is 6. The fraction of sp³-hybridized carbons (Fsp3) is 0.333. The number of aromatic amines is 1. The second kappa shape index (κ2) is 8.78. The first-order chi connectivity index (χ1) is 17.0. The van der Waals surface area contributed by atoms with Crippen molar-refractivity contribution >= 4 is 17.5 Å². The van der Waals surface area contributed by atoms with E-state index in [1.54, 1.807) is 0 Å². The van der Waals surface area contributed by atoms with Gasteiger partial charge in [0.1, 0.15) is 11.6 Å². The zero-order valence-electron chi connectivity index (χ0n) is 20.4. The van der Waals surface area contributed by atoms with Crippen LogP contribution in [-0.4, -0.2) is 55.2 Å². The molecule has 2 unspecified atom stereocenters. The number of hydrogen-bond acceptors (Lipinski definition) is 7. The molecular weight excluding hydrogens is 436 g/mol. The van der Waals surface area contributed by atoms with E-state index < -0.39 is 0 Å². The van der Waals surface area contributed by atoms with Gasteiger partial charge >= 0.3 is 0 Å². The number of anilines is 3. The zero-order chi connectivity index (χ0) is 23.9. The topological polar surface area (TPSA) is 85.9 Å². The van der Waals surface area contributed by atoms with E-state index >= 15 is 0 Å². The maximum atomic E-state index is 4.79. The molecule has 0 aliphatic carbocycles. The van der Waals surface area contributed by atoms with E-state index in [4.69, 9.17) is 4.98 Å². The molecule has 0 saturated carbocycles. The van der Waals surface area contributed by atoms with Crippen LogP contribution < -0.4 is 10.2 Å². The molecular formula is C27H30N8. The van der Waals surface area contributed by atoms with E-state index in [-0.39, 0.29) is 0 Å². The SMILES string of the molecule is Cc1cccc(CN2C3CC2CN(c2ccc(-c4nc(C)cc(Nc5cc(C)[nH]n5)n4)cn2)C3)c1. The van der Waals surface area contributed by atoms with Gasteiger partial charge in [0.25, 0.3) is 0 Å². The third-order valence-corrected chi connectivity index (χ3v) is 6.94. The van der Waals surface area contributed by atoms with Gasteiger partial charge in [-0.25, -0.2) is 15.0 Å². The third-order valence-electron chi connectivity index (χ3n) is 6.94. The zero-order valence-corrected chi connectivity index (χ0v) is 20.4. The standard InChI is InChI=1S/C27H30N8/c1-17-5-4-6-20(9-17)14-35-22-12-23(35)16-34(15-22)26-8-7-21(13-28-26)27-29-18(2)10-24(31-27)30-25-11-19(3)32-33-25/h4-11,13,22-23H,12,14-16H2,1-3H3,(H2,29,30,31,32,33). The minimum absolute atomic E-state index is 0.593. The Balaban J connectivity index is 1.13. The first kappa shape index (κ1) is 21.7. The van der Waals surface area contributed by atoms with E-state index in [0.29, 0.717) is 23.7 Å². The molecule has 3 aliphatic rings. The predicted molar refractivity (Wildman–Crippen MR) is 138 cm³/mol. The van der Waals surface area contributed by atoms with Crippen LogP contribution in [0.1, 0.15) is 28.9 Å². The monoisotopic (exact) mass is 466 g/mol. The van der Waals surface area contributed by atoms with Crippen molar-refractivity contribution in [2.24, 2.45) is 0 Å². The van der Waals surface area contributed by atoms with Crippen LogP contribution in [-0.2, 0) is 6.54 Å². The maximum Gasteiger partial charge on any atom is 0.163 e. The van der Waals surface area contributed by atoms with Crippen molar-refractivity contribution in [3.63, 3.8) is 0 Å². The molecule has 7 rings (SSSR count). The summed E-state index contributed by atoms with van der Waals surface area (Å²) in [4.78, 5) is 19.2. The molecule has 0 radical (unpaired) electrons. The van der Waals surface area contributed by atoms with Gasteiger partial charge in [-0.3, -0.25) is 10.00 Å². The van der Waals surface area contributed by atoms with Gasteiger partial charge in [-0.05, 0) is 44.9 Å². The van der Waals surface area contributed by atoms with E-state index in [9.17, 15) is 0 Å². The second-order valence-corrected chi connectivity index (χ2v) is 9.79. The molecule has 2 bridgehead atoms. The largest absolute Gasteiger partial charge is 0.353 e. The predicted octanol–water partition coefficient (Wildman–Crippen LogP) is 4.39. The summed E-state index contributed by atoms with van der Waals surface area (Å²) in [7, 11) is 0. The number of aryl methyl sites for hydroxylation is 3. The van der Waals surface area contributed by atoms with Crippen LogP contribution in [0.5, 0.6) is 0 Å². The van der Waals surface area contributed by atoms with E-state index in [1.807, 2.05) is 32.2 Å². The Labute approximate surface area is 205 Å². The fourth-order valence-electron chi connectivity index (χ4n) is 5.23.